The Bertz CT molecular complexity index is 1070. The van der Waals surface area contributed by atoms with Crippen molar-refractivity contribution in [3.8, 4) is 0 Å². The van der Waals surface area contributed by atoms with Crippen LogP contribution in [0.15, 0.2) is 23.0 Å². The standard InChI is InChI=1S/C19H23N3O4S/c1-27(25,26)22-9-7-12(8-10-22)18(23)20-13-5-6-15-14-3-2-4-16(14)19(24)21-17(15)11-13/h5-6,11-12H,2-4,7-10H2,1H3,(H,20,23)(H,21,24). The summed E-state index contributed by atoms with van der Waals surface area (Å²) >= 11 is 0. The molecule has 4 rings (SSSR count). The minimum atomic E-state index is -3.20. The second-order valence-corrected chi connectivity index (χ2v) is 9.43. The predicted molar refractivity (Wildman–Crippen MR) is 104 cm³/mol. The maximum absolute atomic E-state index is 12.6. The fraction of sp³-hybridized carbons (Fsp3) is 0.474. The monoisotopic (exact) mass is 389 g/mol. The highest BCUT2D eigenvalue weighted by molar-refractivity contribution is 7.88. The highest BCUT2D eigenvalue weighted by Gasteiger charge is 2.29. The highest BCUT2D eigenvalue weighted by atomic mass is 32.2. The molecule has 1 aliphatic heterocycles. The average Bonchev–Trinajstić information content (AvgIpc) is 3.11. The van der Waals surface area contributed by atoms with Crippen molar-refractivity contribution < 1.29 is 13.2 Å². The normalized spacial score (nSPS) is 18.6. The number of hydrogen-bond acceptors (Lipinski definition) is 4. The van der Waals surface area contributed by atoms with Gasteiger partial charge in [-0.15, -0.1) is 0 Å². The molecule has 2 aliphatic rings. The largest absolute Gasteiger partial charge is 0.326 e. The van der Waals surface area contributed by atoms with Gasteiger partial charge in [0, 0.05) is 35.6 Å². The van der Waals surface area contributed by atoms with E-state index in [2.05, 4.69) is 10.3 Å². The quantitative estimate of drug-likeness (QED) is 0.833. The number of hydrogen-bond donors (Lipinski definition) is 2. The van der Waals surface area contributed by atoms with Crippen molar-refractivity contribution in [1.29, 1.82) is 0 Å². The molecule has 8 heteroatoms. The second kappa shape index (κ2) is 6.76. The van der Waals surface area contributed by atoms with Crippen LogP contribution in [0.25, 0.3) is 10.9 Å². The Morgan fingerprint density at radius 1 is 1.19 bits per heavy atom. The van der Waals surface area contributed by atoms with Gasteiger partial charge < -0.3 is 10.3 Å². The maximum Gasteiger partial charge on any atom is 0.251 e. The molecule has 144 valence electrons. The molecule has 0 saturated carbocycles. The number of carbonyl (C=O) groups excluding carboxylic acids is 1. The molecule has 0 bridgehead atoms. The molecule has 1 aliphatic carbocycles. The number of nitrogens with zero attached hydrogens (tertiary/aromatic N) is 1. The van der Waals surface area contributed by atoms with Gasteiger partial charge in [0.05, 0.1) is 11.8 Å². The summed E-state index contributed by atoms with van der Waals surface area (Å²) in [5, 5.41) is 3.96. The molecule has 1 saturated heterocycles. The summed E-state index contributed by atoms with van der Waals surface area (Å²) in [7, 11) is -3.20. The Hall–Kier alpha value is -2.19. The van der Waals surface area contributed by atoms with Gasteiger partial charge in [0.1, 0.15) is 0 Å². The lowest BCUT2D eigenvalue weighted by atomic mass is 9.97. The summed E-state index contributed by atoms with van der Waals surface area (Å²) in [5.74, 6) is -0.316. The van der Waals surface area contributed by atoms with Crippen LogP contribution >= 0.6 is 0 Å². The fourth-order valence-electron chi connectivity index (χ4n) is 4.17. The molecule has 2 aromatic rings. The first-order valence-corrected chi connectivity index (χ1v) is 11.1. The van der Waals surface area contributed by atoms with Gasteiger partial charge in [0.15, 0.2) is 0 Å². The van der Waals surface area contributed by atoms with Crippen molar-refractivity contribution in [3.05, 3.63) is 39.7 Å². The summed E-state index contributed by atoms with van der Waals surface area (Å²) in [4.78, 5) is 27.7. The number of aromatic amines is 1. The van der Waals surface area contributed by atoms with Crippen molar-refractivity contribution in [2.24, 2.45) is 5.92 Å². The van der Waals surface area contributed by atoms with E-state index in [-0.39, 0.29) is 17.4 Å². The Morgan fingerprint density at radius 3 is 2.59 bits per heavy atom. The predicted octanol–water partition coefficient (Wildman–Crippen LogP) is 1.63. The van der Waals surface area contributed by atoms with Crippen molar-refractivity contribution in [3.63, 3.8) is 0 Å². The van der Waals surface area contributed by atoms with Gasteiger partial charge in [-0.25, -0.2) is 12.7 Å². The summed E-state index contributed by atoms with van der Waals surface area (Å²) in [5.41, 5.74) is 3.36. The lowest BCUT2D eigenvalue weighted by molar-refractivity contribution is -0.120. The van der Waals surface area contributed by atoms with Gasteiger partial charge in [-0.05, 0) is 49.8 Å². The number of aryl methyl sites for hydroxylation is 1. The van der Waals surface area contributed by atoms with Crippen LogP contribution in [-0.2, 0) is 27.7 Å². The van der Waals surface area contributed by atoms with Crippen LogP contribution in [0.5, 0.6) is 0 Å². The number of pyridine rings is 1. The molecule has 0 atom stereocenters. The van der Waals surface area contributed by atoms with Crippen molar-refractivity contribution in [2.75, 3.05) is 24.7 Å². The minimum Gasteiger partial charge on any atom is -0.326 e. The van der Waals surface area contributed by atoms with E-state index in [4.69, 9.17) is 0 Å². The van der Waals surface area contributed by atoms with E-state index >= 15 is 0 Å². The van der Waals surface area contributed by atoms with Crippen LogP contribution in [0.1, 0.15) is 30.4 Å². The molecule has 1 amide bonds. The molecule has 2 N–H and O–H groups in total. The lowest BCUT2D eigenvalue weighted by Crippen LogP contribution is -2.40. The zero-order chi connectivity index (χ0) is 19.2. The summed E-state index contributed by atoms with van der Waals surface area (Å²) < 4.78 is 24.6. The van der Waals surface area contributed by atoms with Gasteiger partial charge in [0.25, 0.3) is 5.56 Å². The Morgan fingerprint density at radius 2 is 1.89 bits per heavy atom. The Kier molecular flexibility index (Phi) is 4.55. The van der Waals surface area contributed by atoms with E-state index < -0.39 is 10.0 Å². The second-order valence-electron chi connectivity index (χ2n) is 7.45. The van der Waals surface area contributed by atoms with Crippen LogP contribution in [0.2, 0.25) is 0 Å². The molecule has 1 aromatic heterocycles. The van der Waals surface area contributed by atoms with E-state index in [1.54, 1.807) is 6.07 Å². The van der Waals surface area contributed by atoms with E-state index in [0.717, 1.165) is 41.3 Å². The third-order valence-corrected chi connectivity index (χ3v) is 6.95. The molecule has 0 unspecified atom stereocenters. The van der Waals surface area contributed by atoms with Crippen LogP contribution in [0.4, 0.5) is 5.69 Å². The summed E-state index contributed by atoms with van der Waals surface area (Å²) in [6.45, 7) is 0.738. The number of amides is 1. The van der Waals surface area contributed by atoms with Crippen LogP contribution < -0.4 is 10.9 Å². The smallest absolute Gasteiger partial charge is 0.251 e. The number of sulfonamides is 1. The fourth-order valence-corrected chi connectivity index (χ4v) is 5.05. The molecule has 1 fully saturated rings. The number of rotatable bonds is 3. The maximum atomic E-state index is 12.6. The highest BCUT2D eigenvalue weighted by Crippen LogP contribution is 2.28. The first-order valence-electron chi connectivity index (χ1n) is 9.27. The lowest BCUT2D eigenvalue weighted by Gasteiger charge is -2.29. The summed E-state index contributed by atoms with van der Waals surface area (Å²) in [6, 6.07) is 5.62. The molecule has 27 heavy (non-hydrogen) atoms. The zero-order valence-electron chi connectivity index (χ0n) is 15.2. The van der Waals surface area contributed by atoms with Crippen molar-refractivity contribution in [1.82, 2.24) is 9.29 Å². The first-order chi connectivity index (χ1) is 12.8. The van der Waals surface area contributed by atoms with E-state index in [1.165, 1.54) is 10.6 Å². The molecule has 0 spiro atoms. The average molecular weight is 389 g/mol. The number of aromatic nitrogens is 1. The number of piperidine rings is 1. The molecular formula is C19H23N3O4S. The first kappa shape index (κ1) is 18.2. The van der Waals surface area contributed by atoms with Crippen LogP contribution in [-0.4, -0.2) is 43.0 Å². The molecule has 2 heterocycles. The molecule has 1 aromatic carbocycles. The topological polar surface area (TPSA) is 99.3 Å². The van der Waals surface area contributed by atoms with Gasteiger partial charge in [-0.1, -0.05) is 6.07 Å². The van der Waals surface area contributed by atoms with Crippen molar-refractivity contribution >= 4 is 32.5 Å². The van der Waals surface area contributed by atoms with Crippen LogP contribution in [0.3, 0.4) is 0 Å². The molecular weight excluding hydrogens is 366 g/mol. The van der Waals surface area contributed by atoms with E-state index in [0.29, 0.717) is 31.6 Å². The van der Waals surface area contributed by atoms with Gasteiger partial charge >= 0.3 is 0 Å². The number of anilines is 1. The number of H-pyrrole nitrogens is 1. The minimum absolute atomic E-state index is 0.0355. The molecule has 0 radical (unpaired) electrons. The van der Waals surface area contributed by atoms with E-state index in [9.17, 15) is 18.0 Å². The summed E-state index contributed by atoms with van der Waals surface area (Å²) in [6.07, 6.45) is 4.96. The van der Waals surface area contributed by atoms with Crippen LogP contribution in [0, 0.1) is 5.92 Å². The Labute approximate surface area is 157 Å². The molecule has 7 nitrogen and oxygen atoms in total. The number of benzene rings is 1. The zero-order valence-corrected chi connectivity index (χ0v) is 16.1. The van der Waals surface area contributed by atoms with Gasteiger partial charge in [-0.2, -0.15) is 0 Å². The van der Waals surface area contributed by atoms with E-state index in [1.807, 2.05) is 12.1 Å². The SMILES string of the molecule is CS(=O)(=O)N1CCC(C(=O)Nc2ccc3c4c(c(=O)[nH]c3c2)CCC4)CC1. The van der Waals surface area contributed by atoms with Crippen molar-refractivity contribution in [2.45, 2.75) is 32.1 Å². The third-order valence-electron chi connectivity index (χ3n) is 5.65. The van der Waals surface area contributed by atoms with Gasteiger partial charge in [0.2, 0.25) is 15.9 Å². The number of carbonyl (C=O) groups is 1. The Balaban J connectivity index is 1.50. The number of nitrogens with one attached hydrogen (secondary N) is 2. The van der Waals surface area contributed by atoms with Gasteiger partial charge in [-0.3, -0.25) is 9.59 Å². The third kappa shape index (κ3) is 3.51. The number of fused-ring (bicyclic) bond motifs is 3.